The molecule has 1 fully saturated rings. The Kier molecular flexibility index (Phi) is 6.72. The molecule has 1 unspecified atom stereocenters. The predicted octanol–water partition coefficient (Wildman–Crippen LogP) is 4.10. The molecular formula is C25H24F2N6O2. The molecule has 1 amide bonds. The van der Waals surface area contributed by atoms with E-state index in [0.29, 0.717) is 17.1 Å². The summed E-state index contributed by atoms with van der Waals surface area (Å²) in [5, 5.41) is 11.7. The number of halogens is 2. The number of para-hydroxylation sites is 1. The molecule has 8 nitrogen and oxygen atoms in total. The first-order chi connectivity index (χ1) is 16.8. The van der Waals surface area contributed by atoms with Gasteiger partial charge in [-0.3, -0.25) is 10.2 Å². The largest absolute Gasteiger partial charge is 0.457 e. The molecule has 0 aliphatic carbocycles. The highest BCUT2D eigenvalue weighted by atomic mass is 19.3. The van der Waals surface area contributed by atoms with Crippen molar-refractivity contribution in [3.63, 3.8) is 0 Å². The maximum Gasteiger partial charge on any atom is 0.267 e. The fourth-order valence-electron chi connectivity index (χ4n) is 3.90. The fourth-order valence-corrected chi connectivity index (χ4v) is 3.90. The summed E-state index contributed by atoms with van der Waals surface area (Å²) in [5.41, 5.74) is 6.76. The summed E-state index contributed by atoms with van der Waals surface area (Å²) < 4.78 is 34.4. The van der Waals surface area contributed by atoms with Gasteiger partial charge in [-0.15, -0.1) is 0 Å². The maximum absolute atomic E-state index is 14.3. The van der Waals surface area contributed by atoms with Crippen LogP contribution in [0.25, 0.3) is 0 Å². The molecule has 180 valence electrons. The molecule has 4 N–H and O–H groups in total. The van der Waals surface area contributed by atoms with E-state index in [2.05, 4.69) is 21.9 Å². The Bertz CT molecular complexity index is 1230. The van der Waals surface area contributed by atoms with E-state index in [1.165, 1.54) is 6.33 Å². The Morgan fingerprint density at radius 2 is 1.86 bits per heavy atom. The Labute approximate surface area is 201 Å². The van der Waals surface area contributed by atoms with E-state index in [1.54, 1.807) is 24.3 Å². The number of carbonyl (C=O) groups excluding carboxylic acids is 1. The number of rotatable bonds is 7. The van der Waals surface area contributed by atoms with E-state index in [1.807, 2.05) is 30.3 Å². The second kappa shape index (κ2) is 9.88. The number of aromatic nitrogens is 2. The summed E-state index contributed by atoms with van der Waals surface area (Å²) in [4.78, 5) is 21.1. The molecule has 0 saturated carbocycles. The van der Waals surface area contributed by atoms with Crippen molar-refractivity contribution in [1.82, 2.24) is 14.9 Å². The van der Waals surface area contributed by atoms with Gasteiger partial charge in [0.2, 0.25) is 5.91 Å². The van der Waals surface area contributed by atoms with E-state index in [0.717, 1.165) is 11.0 Å². The third-order valence-corrected chi connectivity index (χ3v) is 5.48. The molecule has 2 aromatic carbocycles. The number of likely N-dealkylation sites (tertiary alicyclic amines) is 1. The zero-order valence-corrected chi connectivity index (χ0v) is 18.7. The number of piperidine rings is 1. The first kappa shape index (κ1) is 23.8. The van der Waals surface area contributed by atoms with Gasteiger partial charge >= 0.3 is 0 Å². The van der Waals surface area contributed by atoms with Gasteiger partial charge in [0.15, 0.2) is 0 Å². The van der Waals surface area contributed by atoms with Crippen LogP contribution in [0.3, 0.4) is 0 Å². The predicted molar refractivity (Wildman–Crippen MR) is 129 cm³/mol. The van der Waals surface area contributed by atoms with Gasteiger partial charge in [0.1, 0.15) is 29.5 Å². The number of carbonyl (C=O) groups is 1. The van der Waals surface area contributed by atoms with Crippen molar-refractivity contribution < 1.29 is 18.3 Å². The van der Waals surface area contributed by atoms with Gasteiger partial charge in [-0.2, -0.15) is 0 Å². The first-order valence-corrected chi connectivity index (χ1v) is 10.8. The van der Waals surface area contributed by atoms with Crippen molar-refractivity contribution in [3.05, 3.63) is 84.7 Å². The number of nitrogens with two attached hydrogens (primary N) is 1. The summed E-state index contributed by atoms with van der Waals surface area (Å²) in [5.74, 6) is -2.24. The minimum absolute atomic E-state index is 0.0125. The lowest BCUT2D eigenvalue weighted by molar-refractivity contribution is -0.137. The molecule has 0 bridgehead atoms. The SMILES string of the molecule is C=CC(=O)N1CC(Nc2ncnc(N)c2C(=N)c2ccc(Oc3ccccc3)cc2)CC(F)(F)C1. The lowest BCUT2D eigenvalue weighted by Crippen LogP contribution is -2.53. The van der Waals surface area contributed by atoms with E-state index < -0.39 is 30.8 Å². The Hall–Kier alpha value is -4.34. The molecule has 1 atom stereocenters. The third kappa shape index (κ3) is 5.60. The van der Waals surface area contributed by atoms with Crippen LogP contribution in [0.2, 0.25) is 0 Å². The highest BCUT2D eigenvalue weighted by molar-refractivity contribution is 6.16. The van der Waals surface area contributed by atoms with Crippen LogP contribution in [0.4, 0.5) is 20.4 Å². The van der Waals surface area contributed by atoms with Crippen LogP contribution >= 0.6 is 0 Å². The summed E-state index contributed by atoms with van der Waals surface area (Å²) in [6.07, 6.45) is 1.70. The number of nitrogens with one attached hydrogen (secondary N) is 2. The van der Waals surface area contributed by atoms with Crippen LogP contribution in [0.15, 0.2) is 73.6 Å². The fraction of sp³-hybridized carbons (Fsp3) is 0.200. The van der Waals surface area contributed by atoms with Gasteiger partial charge < -0.3 is 20.7 Å². The van der Waals surface area contributed by atoms with Crippen molar-refractivity contribution in [1.29, 1.82) is 5.41 Å². The van der Waals surface area contributed by atoms with E-state index in [9.17, 15) is 13.6 Å². The summed E-state index contributed by atoms with van der Waals surface area (Å²) in [7, 11) is 0. The molecular weight excluding hydrogens is 454 g/mol. The smallest absolute Gasteiger partial charge is 0.267 e. The zero-order valence-electron chi connectivity index (χ0n) is 18.7. The van der Waals surface area contributed by atoms with Crippen LogP contribution in [0, 0.1) is 5.41 Å². The topological polar surface area (TPSA) is 117 Å². The van der Waals surface area contributed by atoms with Crippen LogP contribution in [0.1, 0.15) is 17.5 Å². The quantitative estimate of drug-likeness (QED) is 0.348. The molecule has 1 aromatic heterocycles. The van der Waals surface area contributed by atoms with Gasteiger partial charge in [0.25, 0.3) is 5.92 Å². The number of nitrogen functional groups attached to an aromatic ring is 1. The average Bonchev–Trinajstić information content (AvgIpc) is 2.83. The molecule has 1 aliphatic rings. The van der Waals surface area contributed by atoms with Gasteiger partial charge in [-0.1, -0.05) is 24.8 Å². The van der Waals surface area contributed by atoms with Gasteiger partial charge in [-0.25, -0.2) is 18.7 Å². The normalized spacial score (nSPS) is 16.9. The van der Waals surface area contributed by atoms with Gasteiger partial charge in [0.05, 0.1) is 23.9 Å². The molecule has 2 heterocycles. The van der Waals surface area contributed by atoms with Crippen molar-refractivity contribution >= 4 is 23.3 Å². The van der Waals surface area contributed by atoms with Crippen LogP contribution < -0.4 is 15.8 Å². The average molecular weight is 479 g/mol. The summed E-state index contributed by atoms with van der Waals surface area (Å²) in [6, 6.07) is 15.3. The number of hydrogen-bond donors (Lipinski definition) is 3. The van der Waals surface area contributed by atoms with E-state index >= 15 is 0 Å². The number of benzene rings is 2. The van der Waals surface area contributed by atoms with Gasteiger partial charge in [-0.05, 0) is 42.5 Å². The highest BCUT2D eigenvalue weighted by Gasteiger charge is 2.42. The maximum atomic E-state index is 14.3. The third-order valence-electron chi connectivity index (χ3n) is 5.48. The lowest BCUT2D eigenvalue weighted by atomic mass is 10.00. The second-order valence-corrected chi connectivity index (χ2v) is 8.12. The molecule has 1 aliphatic heterocycles. The molecule has 3 aromatic rings. The van der Waals surface area contributed by atoms with Gasteiger partial charge in [0, 0.05) is 18.5 Å². The summed E-state index contributed by atoms with van der Waals surface area (Å²) in [6.45, 7) is 2.73. The standard InChI is InChI=1S/C25H24F2N6O2/c1-2-20(34)33-13-17(12-25(26,27)14-33)32-24-21(23(29)30-15-31-24)22(28)16-8-10-19(11-9-16)35-18-6-4-3-5-7-18/h2-11,15,17,28H,1,12-14H2,(H3,29,30,31,32). The Balaban J connectivity index is 1.55. The van der Waals surface area contributed by atoms with E-state index in [-0.39, 0.29) is 29.5 Å². The minimum Gasteiger partial charge on any atom is -0.457 e. The first-order valence-electron chi connectivity index (χ1n) is 10.8. The van der Waals surface area contributed by atoms with Crippen LogP contribution in [-0.4, -0.2) is 51.5 Å². The number of ether oxygens (including phenoxy) is 1. The van der Waals surface area contributed by atoms with Crippen LogP contribution in [0.5, 0.6) is 11.5 Å². The lowest BCUT2D eigenvalue weighted by Gasteiger charge is -2.37. The van der Waals surface area contributed by atoms with Crippen molar-refractivity contribution in [2.45, 2.75) is 18.4 Å². The molecule has 4 rings (SSSR count). The number of nitrogens with zero attached hydrogens (tertiary/aromatic N) is 3. The number of amides is 1. The van der Waals surface area contributed by atoms with Crippen molar-refractivity contribution in [3.8, 4) is 11.5 Å². The Morgan fingerprint density at radius 1 is 1.17 bits per heavy atom. The van der Waals surface area contributed by atoms with Crippen molar-refractivity contribution in [2.75, 3.05) is 24.1 Å². The number of alkyl halides is 2. The monoisotopic (exact) mass is 478 g/mol. The van der Waals surface area contributed by atoms with E-state index in [4.69, 9.17) is 15.9 Å². The molecule has 0 radical (unpaired) electrons. The van der Waals surface area contributed by atoms with Crippen molar-refractivity contribution in [2.24, 2.45) is 0 Å². The zero-order chi connectivity index (χ0) is 25.0. The molecule has 1 saturated heterocycles. The number of anilines is 2. The Morgan fingerprint density at radius 3 is 2.54 bits per heavy atom. The number of hydrogen-bond acceptors (Lipinski definition) is 7. The molecule has 0 spiro atoms. The molecule has 10 heteroatoms. The van der Waals surface area contributed by atoms with Crippen LogP contribution in [-0.2, 0) is 4.79 Å². The summed E-state index contributed by atoms with van der Waals surface area (Å²) >= 11 is 0. The molecule has 35 heavy (non-hydrogen) atoms. The highest BCUT2D eigenvalue weighted by Crippen LogP contribution is 2.31. The second-order valence-electron chi connectivity index (χ2n) is 8.12. The minimum atomic E-state index is -3.09.